The molecule has 1 aliphatic rings. The molecule has 0 bridgehead atoms. The van der Waals surface area contributed by atoms with Crippen LogP contribution in [-0.4, -0.2) is 21.8 Å². The van der Waals surface area contributed by atoms with E-state index in [0.29, 0.717) is 10.6 Å². The zero-order valence-electron chi connectivity index (χ0n) is 15.4. The fourth-order valence-corrected chi connectivity index (χ4v) is 3.17. The summed E-state index contributed by atoms with van der Waals surface area (Å²) in [6.07, 6.45) is 1.39. The van der Waals surface area contributed by atoms with Crippen LogP contribution >= 0.6 is 11.6 Å². The molecule has 3 aromatic rings. The number of hydrogen-bond acceptors (Lipinski definition) is 5. The van der Waals surface area contributed by atoms with Gasteiger partial charge >= 0.3 is 6.03 Å². The number of para-hydroxylation sites is 1. The molecule has 0 saturated carbocycles. The van der Waals surface area contributed by atoms with Gasteiger partial charge in [0, 0.05) is 17.2 Å². The van der Waals surface area contributed by atoms with E-state index in [0.717, 1.165) is 10.5 Å². The van der Waals surface area contributed by atoms with Crippen LogP contribution in [0.3, 0.4) is 0 Å². The number of imide groups is 1. The third kappa shape index (κ3) is 3.81. The lowest BCUT2D eigenvalue weighted by atomic mass is 10.1. The lowest BCUT2D eigenvalue weighted by Crippen LogP contribution is -2.30. The van der Waals surface area contributed by atoms with E-state index in [9.17, 15) is 19.7 Å². The number of nitro benzene ring substituents is 1. The average Bonchev–Trinajstić information content (AvgIpc) is 3.30. The zero-order valence-corrected chi connectivity index (χ0v) is 16.1. The first-order chi connectivity index (χ1) is 14.4. The Bertz CT molecular complexity index is 1180. The van der Waals surface area contributed by atoms with Gasteiger partial charge in [-0.1, -0.05) is 35.9 Å². The number of amides is 3. The lowest BCUT2D eigenvalue weighted by molar-refractivity contribution is -0.384. The molecule has 150 valence electrons. The first-order valence-corrected chi connectivity index (χ1v) is 9.23. The Hall–Kier alpha value is -3.91. The molecule has 1 N–H and O–H groups in total. The SMILES string of the molecule is O=C1NC(=Cc2ccc(-c3ccccc3[N+](=O)[O-])o2)C(=O)N1Cc1ccc(Cl)cc1. The number of benzene rings is 2. The van der Waals surface area contributed by atoms with Gasteiger partial charge in [-0.05, 0) is 35.9 Å². The molecule has 1 aliphatic heterocycles. The Morgan fingerprint density at radius 2 is 1.80 bits per heavy atom. The molecule has 2 heterocycles. The van der Waals surface area contributed by atoms with Gasteiger partial charge in [0.2, 0.25) is 0 Å². The van der Waals surface area contributed by atoms with E-state index in [-0.39, 0.29) is 29.4 Å². The number of nitrogens with one attached hydrogen (secondary N) is 1. The fraction of sp³-hybridized carbons (Fsp3) is 0.0476. The van der Waals surface area contributed by atoms with Crippen molar-refractivity contribution in [3.8, 4) is 11.3 Å². The van der Waals surface area contributed by atoms with E-state index in [2.05, 4.69) is 5.32 Å². The maximum Gasteiger partial charge on any atom is 0.329 e. The third-order valence-electron chi connectivity index (χ3n) is 4.50. The summed E-state index contributed by atoms with van der Waals surface area (Å²) in [5, 5.41) is 14.3. The summed E-state index contributed by atoms with van der Waals surface area (Å²) in [7, 11) is 0. The minimum atomic E-state index is -0.549. The second-order valence-electron chi connectivity index (χ2n) is 6.48. The first kappa shape index (κ1) is 19.4. The molecule has 9 heteroatoms. The van der Waals surface area contributed by atoms with Gasteiger partial charge in [0.25, 0.3) is 11.6 Å². The number of hydrogen-bond donors (Lipinski definition) is 1. The summed E-state index contributed by atoms with van der Waals surface area (Å²) in [5.41, 5.74) is 1.03. The minimum Gasteiger partial charge on any atom is -0.456 e. The second-order valence-corrected chi connectivity index (χ2v) is 6.92. The molecule has 3 amide bonds. The van der Waals surface area contributed by atoms with Crippen molar-refractivity contribution in [2.24, 2.45) is 0 Å². The van der Waals surface area contributed by atoms with Crippen LogP contribution in [0.1, 0.15) is 11.3 Å². The minimum absolute atomic E-state index is 0.0532. The predicted molar refractivity (Wildman–Crippen MR) is 109 cm³/mol. The monoisotopic (exact) mass is 423 g/mol. The lowest BCUT2D eigenvalue weighted by Gasteiger charge is -2.11. The zero-order chi connectivity index (χ0) is 21.3. The number of nitrogens with zero attached hydrogens (tertiary/aromatic N) is 2. The number of urea groups is 1. The Kier molecular flexibility index (Phi) is 5.07. The number of carbonyl (C=O) groups is 2. The molecule has 0 spiro atoms. The highest BCUT2D eigenvalue weighted by molar-refractivity contribution is 6.30. The van der Waals surface area contributed by atoms with Gasteiger partial charge in [-0.15, -0.1) is 0 Å². The maximum atomic E-state index is 12.6. The molecule has 8 nitrogen and oxygen atoms in total. The molecule has 1 aromatic heterocycles. The van der Waals surface area contributed by atoms with Crippen molar-refractivity contribution in [3.05, 3.63) is 92.8 Å². The van der Waals surface area contributed by atoms with Gasteiger partial charge in [0.1, 0.15) is 17.2 Å². The molecule has 4 rings (SSSR count). The van der Waals surface area contributed by atoms with Crippen molar-refractivity contribution >= 4 is 35.3 Å². The highest BCUT2D eigenvalue weighted by Gasteiger charge is 2.33. The summed E-state index contributed by atoms with van der Waals surface area (Å²) in [6.45, 7) is 0.0960. The molecular formula is C21H14ClN3O5. The smallest absolute Gasteiger partial charge is 0.329 e. The van der Waals surface area contributed by atoms with Gasteiger partial charge in [-0.2, -0.15) is 0 Å². The van der Waals surface area contributed by atoms with Crippen LogP contribution in [0.5, 0.6) is 0 Å². The van der Waals surface area contributed by atoms with Gasteiger partial charge in [-0.25, -0.2) is 4.79 Å². The van der Waals surface area contributed by atoms with Crippen molar-refractivity contribution in [3.63, 3.8) is 0 Å². The Balaban J connectivity index is 1.56. The topological polar surface area (TPSA) is 106 Å². The standard InChI is InChI=1S/C21H14ClN3O5/c22-14-7-5-13(6-8-14)12-24-20(26)17(23-21(24)27)11-15-9-10-19(30-15)16-3-1-2-4-18(16)25(28)29/h1-11H,12H2,(H,23,27). The fourth-order valence-electron chi connectivity index (χ4n) is 3.05. The second kappa shape index (κ2) is 7.84. The van der Waals surface area contributed by atoms with E-state index in [1.54, 1.807) is 54.6 Å². The molecule has 1 fully saturated rings. The van der Waals surface area contributed by atoms with E-state index in [1.165, 1.54) is 12.1 Å². The van der Waals surface area contributed by atoms with Crippen molar-refractivity contribution in [1.82, 2.24) is 10.2 Å². The van der Waals surface area contributed by atoms with Crippen LogP contribution in [0.2, 0.25) is 5.02 Å². The Morgan fingerprint density at radius 1 is 1.07 bits per heavy atom. The summed E-state index contributed by atoms with van der Waals surface area (Å²) >= 11 is 5.86. The predicted octanol–water partition coefficient (Wildman–Crippen LogP) is 4.60. The normalized spacial score (nSPS) is 15.0. The van der Waals surface area contributed by atoms with Crippen LogP contribution in [0, 0.1) is 10.1 Å². The Morgan fingerprint density at radius 3 is 2.53 bits per heavy atom. The molecular weight excluding hydrogens is 410 g/mol. The van der Waals surface area contributed by atoms with Gasteiger partial charge in [0.05, 0.1) is 17.0 Å². The van der Waals surface area contributed by atoms with Crippen LogP contribution in [0.15, 0.2) is 70.8 Å². The molecule has 0 radical (unpaired) electrons. The molecule has 1 saturated heterocycles. The van der Waals surface area contributed by atoms with Gasteiger partial charge in [0.15, 0.2) is 0 Å². The van der Waals surface area contributed by atoms with E-state index in [4.69, 9.17) is 16.0 Å². The third-order valence-corrected chi connectivity index (χ3v) is 4.75. The summed E-state index contributed by atoms with van der Waals surface area (Å²) in [6, 6.07) is 15.6. The molecule has 2 aromatic carbocycles. The number of carbonyl (C=O) groups excluding carboxylic acids is 2. The van der Waals surface area contributed by atoms with E-state index < -0.39 is 16.9 Å². The molecule has 30 heavy (non-hydrogen) atoms. The van der Waals surface area contributed by atoms with E-state index in [1.807, 2.05) is 0 Å². The number of rotatable bonds is 5. The number of halogens is 1. The van der Waals surface area contributed by atoms with Crippen LogP contribution in [0.25, 0.3) is 17.4 Å². The Labute approximate surface area is 175 Å². The van der Waals surface area contributed by atoms with E-state index >= 15 is 0 Å². The quantitative estimate of drug-likeness (QED) is 0.279. The first-order valence-electron chi connectivity index (χ1n) is 8.85. The van der Waals surface area contributed by atoms with Crippen molar-refractivity contribution in [1.29, 1.82) is 0 Å². The van der Waals surface area contributed by atoms with Crippen LogP contribution < -0.4 is 5.32 Å². The molecule has 0 unspecified atom stereocenters. The van der Waals surface area contributed by atoms with Gasteiger partial charge < -0.3 is 9.73 Å². The molecule has 0 atom stereocenters. The summed E-state index contributed by atoms with van der Waals surface area (Å²) in [5.74, 6) is 0.0580. The summed E-state index contributed by atoms with van der Waals surface area (Å²) in [4.78, 5) is 36.6. The average molecular weight is 424 g/mol. The van der Waals surface area contributed by atoms with Crippen molar-refractivity contribution in [2.75, 3.05) is 0 Å². The summed E-state index contributed by atoms with van der Waals surface area (Å²) < 4.78 is 5.66. The highest BCUT2D eigenvalue weighted by Crippen LogP contribution is 2.31. The maximum absolute atomic E-state index is 12.6. The van der Waals surface area contributed by atoms with Gasteiger partial charge in [-0.3, -0.25) is 19.8 Å². The largest absolute Gasteiger partial charge is 0.456 e. The van der Waals surface area contributed by atoms with Crippen LogP contribution in [-0.2, 0) is 11.3 Å². The number of furan rings is 1. The van der Waals surface area contributed by atoms with Crippen LogP contribution in [0.4, 0.5) is 10.5 Å². The highest BCUT2D eigenvalue weighted by atomic mass is 35.5. The molecule has 0 aliphatic carbocycles. The van der Waals surface area contributed by atoms with Crippen molar-refractivity contribution in [2.45, 2.75) is 6.54 Å². The number of nitro groups is 1. The van der Waals surface area contributed by atoms with Crippen molar-refractivity contribution < 1.29 is 18.9 Å².